The van der Waals surface area contributed by atoms with Crippen LogP contribution < -0.4 is 0 Å². The van der Waals surface area contributed by atoms with Gasteiger partial charge in [0, 0.05) is 12.8 Å². The van der Waals surface area contributed by atoms with Crippen LogP contribution in [0.2, 0.25) is 0 Å². The van der Waals surface area contributed by atoms with Crippen molar-refractivity contribution in [2.45, 2.75) is 185 Å². The van der Waals surface area contributed by atoms with Gasteiger partial charge in [0.1, 0.15) is 36.8 Å². The fraction of sp³-hybridized carbons (Fsp3) is 0.889. The molecule has 0 aromatic carbocycles. The Balaban J connectivity index is 2.50. The maximum atomic E-state index is 12.6. The van der Waals surface area contributed by atoms with Crippen LogP contribution in [0.25, 0.3) is 0 Å². The van der Waals surface area contributed by atoms with E-state index >= 15 is 0 Å². The number of rotatable bonds is 30. The van der Waals surface area contributed by atoms with Gasteiger partial charge in [0.25, 0.3) is 10.1 Å². The Hall–Kier alpha value is -1.61. The lowest BCUT2D eigenvalue weighted by Crippen LogP contribution is -2.60. The van der Waals surface area contributed by atoms with Crippen molar-refractivity contribution in [3.63, 3.8) is 0 Å². The second kappa shape index (κ2) is 28.0. The highest BCUT2D eigenvalue weighted by Crippen LogP contribution is 2.24. The van der Waals surface area contributed by atoms with Crippen LogP contribution in [0.3, 0.4) is 0 Å². The smallest absolute Gasteiger partial charge is 0.306 e. The van der Waals surface area contributed by atoms with Gasteiger partial charge in [-0.25, -0.2) is 0 Å². The molecule has 1 heterocycles. The molecule has 0 amide bonds. The van der Waals surface area contributed by atoms with Gasteiger partial charge in [-0.05, 0) is 38.5 Å². The zero-order chi connectivity index (χ0) is 36.3. The fourth-order valence-electron chi connectivity index (χ4n) is 5.61. The molecule has 1 fully saturated rings. The van der Waals surface area contributed by atoms with Gasteiger partial charge in [0.05, 0.1) is 6.61 Å². The fourth-order valence-corrected chi connectivity index (χ4v) is 6.30. The van der Waals surface area contributed by atoms with Gasteiger partial charge in [-0.15, -0.1) is 0 Å². The summed E-state index contributed by atoms with van der Waals surface area (Å²) in [6, 6.07) is 0. The van der Waals surface area contributed by atoms with E-state index in [0.717, 1.165) is 70.6 Å². The molecule has 0 aromatic rings. The summed E-state index contributed by atoms with van der Waals surface area (Å²) in [5.41, 5.74) is 0. The van der Waals surface area contributed by atoms with Gasteiger partial charge in [-0.2, -0.15) is 8.42 Å². The van der Waals surface area contributed by atoms with Crippen molar-refractivity contribution in [3.05, 3.63) is 12.2 Å². The number of hydrogen-bond acceptors (Lipinski definition) is 11. The summed E-state index contributed by atoms with van der Waals surface area (Å²) >= 11 is 0. The molecule has 0 spiro atoms. The summed E-state index contributed by atoms with van der Waals surface area (Å²) in [6.45, 7) is 3.65. The average Bonchev–Trinajstić information content (AvgIpc) is 3.05. The van der Waals surface area contributed by atoms with Crippen LogP contribution in [0, 0.1) is 0 Å². The predicted octanol–water partition coefficient (Wildman–Crippen LogP) is 5.94. The van der Waals surface area contributed by atoms with Crippen LogP contribution >= 0.6 is 0 Å². The van der Waals surface area contributed by atoms with E-state index in [2.05, 4.69) is 26.0 Å². The van der Waals surface area contributed by atoms with Crippen LogP contribution in [-0.4, -0.2) is 96.0 Å². The minimum atomic E-state index is -4.59. The van der Waals surface area contributed by atoms with Crippen molar-refractivity contribution in [1.29, 1.82) is 0 Å². The van der Waals surface area contributed by atoms with E-state index in [0.29, 0.717) is 12.8 Å². The number of carbonyl (C=O) groups excluding carboxylic acids is 2. The largest absolute Gasteiger partial charge is 0.462 e. The topological polar surface area (TPSA) is 186 Å². The normalized spacial score (nSPS) is 22.0. The summed E-state index contributed by atoms with van der Waals surface area (Å²) in [6.07, 6.45) is 15.9. The summed E-state index contributed by atoms with van der Waals surface area (Å²) in [4.78, 5) is 25.1. The maximum absolute atomic E-state index is 12.6. The second-order valence-electron chi connectivity index (χ2n) is 13.2. The van der Waals surface area contributed by atoms with Crippen LogP contribution in [-0.2, 0) is 38.7 Å². The molecular weight excluding hydrogens is 656 g/mol. The van der Waals surface area contributed by atoms with Crippen molar-refractivity contribution in [3.8, 4) is 0 Å². The predicted molar refractivity (Wildman–Crippen MR) is 187 cm³/mol. The standard InChI is InChI=1S/C36H66O12S/c1-3-5-7-9-11-12-13-14-15-16-17-19-20-22-24-31(37)45-26-29(47-32(38)25-23-21-18-10-8-6-4-2)27-46-36-35(41)34(40)33(39)30(48-36)28-49(42,43)44/h13-14,29-30,33-36,39-41H,3-12,15-28H2,1-2H3,(H,42,43,44)/b14-13+/t29-,30+,33+,34?,35?,36-/m1/s1. The minimum Gasteiger partial charge on any atom is -0.462 e. The average molecular weight is 723 g/mol. The number of aliphatic hydroxyl groups is 3. The lowest BCUT2D eigenvalue weighted by Gasteiger charge is -2.40. The first-order chi connectivity index (χ1) is 23.5. The molecule has 1 saturated heterocycles. The number of ether oxygens (including phenoxy) is 4. The van der Waals surface area contributed by atoms with E-state index in [4.69, 9.17) is 18.9 Å². The second-order valence-corrected chi connectivity index (χ2v) is 14.7. The summed E-state index contributed by atoms with van der Waals surface area (Å²) in [7, 11) is -4.59. The third-order valence-electron chi connectivity index (χ3n) is 8.60. The van der Waals surface area contributed by atoms with Crippen molar-refractivity contribution in [2.24, 2.45) is 0 Å². The Kier molecular flexibility index (Phi) is 26.0. The minimum absolute atomic E-state index is 0.164. The maximum Gasteiger partial charge on any atom is 0.306 e. The monoisotopic (exact) mass is 722 g/mol. The first kappa shape index (κ1) is 45.4. The van der Waals surface area contributed by atoms with Crippen LogP contribution in [0.15, 0.2) is 12.2 Å². The van der Waals surface area contributed by atoms with E-state index in [-0.39, 0.29) is 19.4 Å². The van der Waals surface area contributed by atoms with Crippen molar-refractivity contribution >= 4 is 22.1 Å². The van der Waals surface area contributed by atoms with Crippen molar-refractivity contribution < 1.29 is 56.8 Å². The summed E-state index contributed by atoms with van der Waals surface area (Å²) < 4.78 is 53.6. The molecule has 1 aliphatic heterocycles. The highest BCUT2D eigenvalue weighted by molar-refractivity contribution is 7.85. The molecule has 4 N–H and O–H groups in total. The first-order valence-electron chi connectivity index (χ1n) is 18.7. The number of allylic oxidation sites excluding steroid dienone is 2. The molecule has 0 aromatic heterocycles. The van der Waals surface area contributed by atoms with E-state index in [9.17, 15) is 37.9 Å². The SMILES string of the molecule is CCCCCCC/C=C/CCCCCCCC(=O)OC[C@H](CO[C@@H]1O[C@@H](CS(=O)(=O)O)[C@H](O)C(O)C1O)OC(=O)CCCCCCCCC. The van der Waals surface area contributed by atoms with Crippen molar-refractivity contribution in [2.75, 3.05) is 19.0 Å². The molecule has 12 nitrogen and oxygen atoms in total. The molecule has 1 aliphatic rings. The highest BCUT2D eigenvalue weighted by atomic mass is 32.2. The van der Waals surface area contributed by atoms with Crippen LogP contribution in [0.1, 0.15) is 149 Å². The van der Waals surface area contributed by atoms with E-state index in [1.807, 2.05) is 0 Å². The Bertz CT molecular complexity index is 989. The molecule has 0 bridgehead atoms. The number of unbranched alkanes of at least 4 members (excludes halogenated alkanes) is 16. The van der Waals surface area contributed by atoms with E-state index in [1.165, 1.54) is 38.5 Å². The molecule has 0 aliphatic carbocycles. The number of carbonyl (C=O) groups is 2. The number of aliphatic hydroxyl groups excluding tert-OH is 3. The quantitative estimate of drug-likeness (QED) is 0.0296. The van der Waals surface area contributed by atoms with Gasteiger partial charge in [-0.3, -0.25) is 14.1 Å². The Morgan fingerprint density at radius 2 is 1.16 bits per heavy atom. The van der Waals surface area contributed by atoms with Crippen LogP contribution in [0.4, 0.5) is 0 Å². The van der Waals surface area contributed by atoms with Gasteiger partial charge in [-0.1, -0.05) is 109 Å². The summed E-state index contributed by atoms with van der Waals surface area (Å²) in [5, 5.41) is 30.6. The Morgan fingerprint density at radius 1 is 0.673 bits per heavy atom. The molecule has 1 rings (SSSR count). The van der Waals surface area contributed by atoms with E-state index in [1.54, 1.807) is 0 Å². The third kappa shape index (κ3) is 23.5. The molecule has 0 saturated carbocycles. The molecule has 49 heavy (non-hydrogen) atoms. The van der Waals surface area contributed by atoms with Gasteiger partial charge >= 0.3 is 11.9 Å². The van der Waals surface area contributed by atoms with Gasteiger partial charge in [0.15, 0.2) is 12.4 Å². The molecular formula is C36H66O12S. The molecule has 6 atom stereocenters. The lowest BCUT2D eigenvalue weighted by molar-refractivity contribution is -0.297. The zero-order valence-electron chi connectivity index (χ0n) is 30.1. The number of hydrogen-bond donors (Lipinski definition) is 4. The molecule has 288 valence electrons. The number of esters is 2. The van der Waals surface area contributed by atoms with Gasteiger partial charge < -0.3 is 34.3 Å². The van der Waals surface area contributed by atoms with Gasteiger partial charge in [0.2, 0.25) is 0 Å². The van der Waals surface area contributed by atoms with Crippen molar-refractivity contribution in [1.82, 2.24) is 0 Å². The highest BCUT2D eigenvalue weighted by Gasteiger charge is 2.46. The Morgan fingerprint density at radius 3 is 1.69 bits per heavy atom. The van der Waals surface area contributed by atoms with E-state index < -0.39 is 71.2 Å². The zero-order valence-corrected chi connectivity index (χ0v) is 30.9. The summed E-state index contributed by atoms with van der Waals surface area (Å²) in [5.74, 6) is -2.00. The van der Waals surface area contributed by atoms with Crippen LogP contribution in [0.5, 0.6) is 0 Å². The Labute approximate surface area is 295 Å². The molecule has 13 heteroatoms. The molecule has 0 radical (unpaired) electrons. The lowest BCUT2D eigenvalue weighted by atomic mass is 10.00. The first-order valence-corrected chi connectivity index (χ1v) is 20.4. The molecule has 2 unspecified atom stereocenters. The third-order valence-corrected chi connectivity index (χ3v) is 9.35.